The summed E-state index contributed by atoms with van der Waals surface area (Å²) >= 11 is 0. The molecule has 0 rings (SSSR count). The SMILES string of the molecule is CC(C)CCCCC=C=O. The fraction of sp³-hybridized carbons (Fsp3) is 0.778. The Labute approximate surface area is 63.1 Å². The number of carbonyl (C=O) groups excluding carboxylic acids is 1. The Kier molecular flexibility index (Phi) is 6.21. The van der Waals surface area contributed by atoms with Crippen molar-refractivity contribution in [2.45, 2.75) is 39.5 Å². The summed E-state index contributed by atoms with van der Waals surface area (Å²) in [5.41, 5.74) is 0. The van der Waals surface area contributed by atoms with Gasteiger partial charge in [0.1, 0.15) is 5.94 Å². The van der Waals surface area contributed by atoms with Crippen LogP contribution in [0.5, 0.6) is 0 Å². The van der Waals surface area contributed by atoms with E-state index in [9.17, 15) is 4.79 Å². The molecule has 0 unspecified atom stereocenters. The molecule has 0 spiro atoms. The maximum Gasteiger partial charge on any atom is 0.120 e. The van der Waals surface area contributed by atoms with Crippen LogP contribution in [0, 0.1) is 5.92 Å². The third kappa shape index (κ3) is 7.45. The molecule has 0 aliphatic rings. The van der Waals surface area contributed by atoms with E-state index in [4.69, 9.17) is 0 Å². The lowest BCUT2D eigenvalue weighted by Gasteiger charge is -2.00. The van der Waals surface area contributed by atoms with E-state index in [0.29, 0.717) is 0 Å². The molecule has 0 aliphatic carbocycles. The topological polar surface area (TPSA) is 17.1 Å². The first-order valence-corrected chi connectivity index (χ1v) is 3.96. The molecule has 0 saturated heterocycles. The highest BCUT2D eigenvalue weighted by Crippen LogP contribution is 2.07. The van der Waals surface area contributed by atoms with E-state index in [1.54, 1.807) is 12.0 Å². The van der Waals surface area contributed by atoms with Crippen LogP contribution in [0.1, 0.15) is 39.5 Å². The van der Waals surface area contributed by atoms with E-state index in [1.807, 2.05) is 0 Å². The van der Waals surface area contributed by atoms with Gasteiger partial charge < -0.3 is 0 Å². The van der Waals surface area contributed by atoms with Crippen LogP contribution in [0.3, 0.4) is 0 Å². The first-order chi connectivity index (χ1) is 4.77. The third-order valence-corrected chi connectivity index (χ3v) is 1.46. The van der Waals surface area contributed by atoms with Gasteiger partial charge in [-0.2, -0.15) is 0 Å². The third-order valence-electron chi connectivity index (χ3n) is 1.46. The van der Waals surface area contributed by atoms with Crippen LogP contribution in [-0.2, 0) is 4.79 Å². The van der Waals surface area contributed by atoms with Crippen molar-refractivity contribution in [3.63, 3.8) is 0 Å². The monoisotopic (exact) mass is 140 g/mol. The van der Waals surface area contributed by atoms with Gasteiger partial charge in [-0.15, -0.1) is 0 Å². The molecular weight excluding hydrogens is 124 g/mol. The molecule has 0 N–H and O–H groups in total. The second-order valence-electron chi connectivity index (χ2n) is 3.00. The zero-order valence-electron chi connectivity index (χ0n) is 6.89. The normalized spacial score (nSPS) is 9.50. The highest BCUT2D eigenvalue weighted by molar-refractivity contribution is 5.44. The summed E-state index contributed by atoms with van der Waals surface area (Å²) in [4.78, 5) is 9.72. The molecule has 10 heavy (non-hydrogen) atoms. The van der Waals surface area contributed by atoms with Crippen LogP contribution < -0.4 is 0 Å². The summed E-state index contributed by atoms with van der Waals surface area (Å²) in [6.07, 6.45) is 6.10. The van der Waals surface area contributed by atoms with E-state index in [1.165, 1.54) is 12.8 Å². The van der Waals surface area contributed by atoms with Crippen molar-refractivity contribution in [1.29, 1.82) is 0 Å². The molecule has 0 heterocycles. The van der Waals surface area contributed by atoms with E-state index in [2.05, 4.69) is 13.8 Å². The molecule has 0 aliphatic heterocycles. The van der Waals surface area contributed by atoms with Gasteiger partial charge in [0.25, 0.3) is 0 Å². The zero-order valence-corrected chi connectivity index (χ0v) is 6.89. The Balaban J connectivity index is 2.98. The molecule has 0 saturated carbocycles. The largest absolute Gasteiger partial charge is 0.234 e. The van der Waals surface area contributed by atoms with Crippen LogP contribution in [0.4, 0.5) is 0 Å². The van der Waals surface area contributed by atoms with Crippen molar-refractivity contribution in [2.24, 2.45) is 5.92 Å². The predicted molar refractivity (Wildman–Crippen MR) is 43.6 cm³/mol. The first-order valence-electron chi connectivity index (χ1n) is 3.96. The minimum absolute atomic E-state index is 0.792. The second kappa shape index (κ2) is 6.57. The molecule has 0 fully saturated rings. The fourth-order valence-electron chi connectivity index (χ4n) is 0.858. The number of rotatable bonds is 5. The van der Waals surface area contributed by atoms with Crippen molar-refractivity contribution in [2.75, 3.05) is 0 Å². The van der Waals surface area contributed by atoms with Crippen LogP contribution in [0.2, 0.25) is 0 Å². The quantitative estimate of drug-likeness (QED) is 0.423. The summed E-state index contributed by atoms with van der Waals surface area (Å²) in [6.45, 7) is 4.44. The van der Waals surface area contributed by atoms with Gasteiger partial charge in [0.15, 0.2) is 0 Å². The van der Waals surface area contributed by atoms with Crippen LogP contribution >= 0.6 is 0 Å². The van der Waals surface area contributed by atoms with E-state index >= 15 is 0 Å². The molecule has 58 valence electrons. The van der Waals surface area contributed by atoms with Crippen molar-refractivity contribution >= 4 is 5.94 Å². The standard InChI is InChI=1S/C9H16O/c1-9(2)7-5-3-4-6-8-10/h6,9H,3-5,7H2,1-2H3. The second-order valence-corrected chi connectivity index (χ2v) is 3.00. The Morgan fingerprint density at radius 2 is 2.10 bits per heavy atom. The Hall–Kier alpha value is -0.550. The summed E-state index contributed by atoms with van der Waals surface area (Å²) in [5.74, 6) is 2.57. The van der Waals surface area contributed by atoms with Crippen molar-refractivity contribution in [3.05, 3.63) is 6.08 Å². The maximum absolute atomic E-state index is 9.72. The molecule has 0 bridgehead atoms. The van der Waals surface area contributed by atoms with E-state index in [0.717, 1.165) is 18.8 Å². The number of hydrogen-bond acceptors (Lipinski definition) is 1. The highest BCUT2D eigenvalue weighted by Gasteiger charge is 1.91. The summed E-state index contributed by atoms with van der Waals surface area (Å²) in [7, 11) is 0. The van der Waals surface area contributed by atoms with Crippen molar-refractivity contribution < 1.29 is 4.79 Å². The molecule has 0 atom stereocenters. The summed E-state index contributed by atoms with van der Waals surface area (Å²) in [5, 5.41) is 0. The molecule has 0 aromatic rings. The van der Waals surface area contributed by atoms with Crippen LogP contribution in [-0.4, -0.2) is 5.94 Å². The average Bonchev–Trinajstić information content (AvgIpc) is 1.87. The number of allylic oxidation sites excluding steroid dienone is 1. The molecule has 0 aromatic carbocycles. The summed E-state index contributed by atoms with van der Waals surface area (Å²) in [6, 6.07) is 0. The molecule has 0 amide bonds. The van der Waals surface area contributed by atoms with Crippen LogP contribution in [0.15, 0.2) is 6.08 Å². The van der Waals surface area contributed by atoms with Crippen LogP contribution in [0.25, 0.3) is 0 Å². The van der Waals surface area contributed by atoms with E-state index in [-0.39, 0.29) is 0 Å². The van der Waals surface area contributed by atoms with Gasteiger partial charge in [0, 0.05) is 0 Å². The number of unbranched alkanes of at least 4 members (excludes halogenated alkanes) is 2. The minimum Gasteiger partial charge on any atom is -0.234 e. The first kappa shape index (κ1) is 9.45. The maximum atomic E-state index is 9.72. The highest BCUT2D eigenvalue weighted by atomic mass is 16.1. The Morgan fingerprint density at radius 3 is 2.60 bits per heavy atom. The predicted octanol–water partition coefficient (Wildman–Crippen LogP) is 2.59. The lowest BCUT2D eigenvalue weighted by atomic mass is 10.1. The van der Waals surface area contributed by atoms with Crippen molar-refractivity contribution in [3.8, 4) is 0 Å². The van der Waals surface area contributed by atoms with Gasteiger partial charge in [0.2, 0.25) is 0 Å². The fourth-order valence-corrected chi connectivity index (χ4v) is 0.858. The van der Waals surface area contributed by atoms with Gasteiger partial charge in [-0.3, -0.25) is 0 Å². The Bertz CT molecular complexity index is 110. The lowest BCUT2D eigenvalue weighted by molar-refractivity contribution is 0.539. The molecule has 0 aromatic heterocycles. The summed E-state index contributed by atoms with van der Waals surface area (Å²) < 4.78 is 0. The average molecular weight is 140 g/mol. The number of hydrogen-bond donors (Lipinski definition) is 0. The molecular formula is C9H16O. The van der Waals surface area contributed by atoms with E-state index < -0.39 is 0 Å². The minimum atomic E-state index is 0.792. The lowest BCUT2D eigenvalue weighted by Crippen LogP contribution is -1.85. The van der Waals surface area contributed by atoms with Gasteiger partial charge in [-0.25, -0.2) is 4.79 Å². The van der Waals surface area contributed by atoms with Gasteiger partial charge in [0.05, 0.1) is 0 Å². The van der Waals surface area contributed by atoms with Gasteiger partial charge in [-0.05, 0) is 24.8 Å². The Morgan fingerprint density at radius 1 is 1.40 bits per heavy atom. The van der Waals surface area contributed by atoms with Gasteiger partial charge >= 0.3 is 0 Å². The molecule has 0 radical (unpaired) electrons. The smallest absolute Gasteiger partial charge is 0.120 e. The van der Waals surface area contributed by atoms with Crippen molar-refractivity contribution in [1.82, 2.24) is 0 Å². The zero-order chi connectivity index (χ0) is 7.82. The van der Waals surface area contributed by atoms with Gasteiger partial charge in [-0.1, -0.05) is 26.7 Å². The molecule has 1 heteroatoms. The molecule has 1 nitrogen and oxygen atoms in total.